The Hall–Kier alpha value is -3.46. The summed E-state index contributed by atoms with van der Waals surface area (Å²) in [7, 11) is 4.56. The second-order valence-electron chi connectivity index (χ2n) is 7.68. The van der Waals surface area contributed by atoms with Gasteiger partial charge >= 0.3 is 5.97 Å². The van der Waals surface area contributed by atoms with Crippen LogP contribution in [0.2, 0.25) is 0 Å². The van der Waals surface area contributed by atoms with Gasteiger partial charge in [-0.1, -0.05) is 42.1 Å². The fourth-order valence-corrected chi connectivity index (χ4v) is 5.04. The molecule has 4 rings (SSSR count). The third kappa shape index (κ3) is 4.48. The lowest BCUT2D eigenvalue weighted by Crippen LogP contribution is -2.45. The number of hydrogen-bond acceptors (Lipinski definition) is 8. The molecule has 8 nitrogen and oxygen atoms in total. The number of carbonyl (C=O) groups is 2. The van der Waals surface area contributed by atoms with E-state index in [9.17, 15) is 9.59 Å². The Morgan fingerprint density at radius 3 is 2.38 bits per heavy atom. The SMILES string of the molecule is COc1cc([C@H]2C(C(=O)OCc3ccccc3)=C(C)N=C3SCCC(=O)N32)cc(OC)c1OC. The van der Waals surface area contributed by atoms with Crippen molar-refractivity contribution in [3.8, 4) is 17.2 Å². The third-order valence-corrected chi connectivity index (χ3v) is 6.60. The lowest BCUT2D eigenvalue weighted by atomic mass is 9.93. The molecule has 0 unspecified atom stereocenters. The number of esters is 1. The molecule has 1 amide bonds. The molecule has 1 fully saturated rings. The molecular weight excluding hydrogens is 456 g/mol. The van der Waals surface area contributed by atoms with Crippen molar-refractivity contribution in [2.75, 3.05) is 27.1 Å². The summed E-state index contributed by atoms with van der Waals surface area (Å²) in [5, 5.41) is 0.562. The standard InChI is InChI=1S/C25H26N2O6S/c1-15-21(24(29)33-14-16-8-6-5-7-9-16)22(27-20(28)10-11-34-25(27)26-15)17-12-18(30-2)23(32-4)19(13-17)31-3/h5-9,12-13,22H,10-11,14H2,1-4H3/t22-/m0/s1. The molecular formula is C25H26N2O6S. The van der Waals surface area contributed by atoms with Crippen LogP contribution in [0.3, 0.4) is 0 Å². The van der Waals surface area contributed by atoms with Crippen molar-refractivity contribution in [3.63, 3.8) is 0 Å². The highest BCUT2D eigenvalue weighted by Gasteiger charge is 2.42. The smallest absolute Gasteiger partial charge is 0.338 e. The zero-order chi connectivity index (χ0) is 24.2. The summed E-state index contributed by atoms with van der Waals surface area (Å²) in [5.41, 5.74) is 2.29. The van der Waals surface area contributed by atoms with Gasteiger partial charge in [-0.2, -0.15) is 0 Å². The normalized spacial score (nSPS) is 17.6. The first kappa shape index (κ1) is 23.7. The van der Waals surface area contributed by atoms with Crippen molar-refractivity contribution >= 4 is 28.8 Å². The summed E-state index contributed by atoms with van der Waals surface area (Å²) < 4.78 is 22.2. The Kier molecular flexibility index (Phi) is 7.12. The van der Waals surface area contributed by atoms with Crippen LogP contribution in [0.15, 0.2) is 58.7 Å². The largest absolute Gasteiger partial charge is 0.493 e. The van der Waals surface area contributed by atoms with Gasteiger partial charge in [0, 0.05) is 12.2 Å². The van der Waals surface area contributed by atoms with Gasteiger partial charge in [0.05, 0.1) is 38.6 Å². The molecule has 0 bridgehead atoms. The molecule has 2 aliphatic rings. The molecule has 34 heavy (non-hydrogen) atoms. The zero-order valence-electron chi connectivity index (χ0n) is 19.5. The molecule has 2 aromatic rings. The third-order valence-electron chi connectivity index (χ3n) is 5.64. The number of fused-ring (bicyclic) bond motifs is 1. The number of ether oxygens (including phenoxy) is 4. The minimum atomic E-state index is -0.746. The number of allylic oxidation sites excluding steroid dienone is 1. The van der Waals surface area contributed by atoms with Crippen LogP contribution in [-0.4, -0.2) is 49.0 Å². The topological polar surface area (TPSA) is 86.7 Å². The van der Waals surface area contributed by atoms with Crippen molar-refractivity contribution in [2.45, 2.75) is 26.0 Å². The van der Waals surface area contributed by atoms with Crippen molar-refractivity contribution in [1.82, 2.24) is 4.90 Å². The Balaban J connectivity index is 1.80. The number of aliphatic imine (C=N–C) groups is 1. The predicted octanol–water partition coefficient (Wildman–Crippen LogP) is 4.11. The Bertz CT molecular complexity index is 1140. The van der Waals surface area contributed by atoms with E-state index in [4.69, 9.17) is 18.9 Å². The van der Waals surface area contributed by atoms with Crippen LogP contribution in [0.5, 0.6) is 17.2 Å². The van der Waals surface area contributed by atoms with Crippen LogP contribution in [0.4, 0.5) is 0 Å². The highest BCUT2D eigenvalue weighted by atomic mass is 32.2. The average Bonchev–Trinajstić information content (AvgIpc) is 2.86. The summed E-state index contributed by atoms with van der Waals surface area (Å²) in [5.74, 6) is 1.26. The molecule has 2 aliphatic heterocycles. The van der Waals surface area contributed by atoms with E-state index in [-0.39, 0.29) is 12.5 Å². The van der Waals surface area contributed by atoms with Gasteiger partial charge < -0.3 is 18.9 Å². The fraction of sp³-hybridized carbons (Fsp3) is 0.320. The van der Waals surface area contributed by atoms with Crippen LogP contribution in [0.1, 0.15) is 30.5 Å². The number of methoxy groups -OCH3 is 3. The first-order valence-corrected chi connectivity index (χ1v) is 11.7. The maximum atomic E-state index is 13.4. The van der Waals surface area contributed by atoms with Crippen molar-refractivity contribution in [3.05, 3.63) is 64.9 Å². The molecule has 9 heteroatoms. The Morgan fingerprint density at radius 1 is 1.09 bits per heavy atom. The molecule has 0 N–H and O–H groups in total. The molecule has 0 aromatic heterocycles. The van der Waals surface area contributed by atoms with Gasteiger partial charge in [0.15, 0.2) is 16.7 Å². The number of amidine groups is 1. The average molecular weight is 483 g/mol. The molecule has 1 saturated heterocycles. The first-order chi connectivity index (χ1) is 16.5. The molecule has 0 radical (unpaired) electrons. The Labute approximate surface area is 202 Å². The molecule has 2 heterocycles. The second kappa shape index (κ2) is 10.2. The van der Waals surface area contributed by atoms with Crippen molar-refractivity contribution in [2.24, 2.45) is 4.99 Å². The first-order valence-electron chi connectivity index (χ1n) is 10.7. The molecule has 1 atom stereocenters. The van der Waals surface area contributed by atoms with E-state index in [1.54, 1.807) is 24.0 Å². The highest BCUT2D eigenvalue weighted by molar-refractivity contribution is 8.14. The number of carbonyl (C=O) groups excluding carboxylic acids is 2. The number of benzene rings is 2. The summed E-state index contributed by atoms with van der Waals surface area (Å²) in [4.78, 5) is 32.6. The molecule has 0 saturated carbocycles. The van der Waals surface area contributed by atoms with Crippen LogP contribution in [0, 0.1) is 0 Å². The summed E-state index contributed by atoms with van der Waals surface area (Å²) in [6.07, 6.45) is 0.343. The van der Waals surface area contributed by atoms with Crippen LogP contribution in [-0.2, 0) is 20.9 Å². The maximum Gasteiger partial charge on any atom is 0.338 e. The van der Waals surface area contributed by atoms with E-state index in [2.05, 4.69) is 4.99 Å². The summed E-state index contributed by atoms with van der Waals surface area (Å²) in [6.45, 7) is 1.87. The molecule has 2 aromatic carbocycles. The van der Waals surface area contributed by atoms with E-state index in [0.29, 0.717) is 51.4 Å². The maximum absolute atomic E-state index is 13.4. The van der Waals surface area contributed by atoms with Gasteiger partial charge in [0.25, 0.3) is 0 Å². The fourth-order valence-electron chi connectivity index (χ4n) is 4.03. The highest BCUT2D eigenvalue weighted by Crippen LogP contribution is 2.46. The van der Waals surface area contributed by atoms with E-state index in [1.807, 2.05) is 30.3 Å². The molecule has 0 spiro atoms. The number of hydrogen-bond donors (Lipinski definition) is 0. The lowest BCUT2D eigenvalue weighted by molar-refractivity contribution is -0.141. The van der Waals surface area contributed by atoms with Gasteiger partial charge in [-0.25, -0.2) is 9.79 Å². The zero-order valence-corrected chi connectivity index (χ0v) is 20.3. The number of rotatable bonds is 7. The van der Waals surface area contributed by atoms with Crippen molar-refractivity contribution < 1.29 is 28.5 Å². The van der Waals surface area contributed by atoms with Crippen LogP contribution < -0.4 is 14.2 Å². The summed E-state index contributed by atoms with van der Waals surface area (Å²) in [6, 6.07) is 12.2. The van der Waals surface area contributed by atoms with Crippen LogP contribution >= 0.6 is 11.8 Å². The molecule has 178 valence electrons. The monoisotopic (exact) mass is 482 g/mol. The van der Waals surface area contributed by atoms with Gasteiger partial charge in [0.1, 0.15) is 6.61 Å². The van der Waals surface area contributed by atoms with Gasteiger partial charge in [-0.05, 0) is 30.2 Å². The van der Waals surface area contributed by atoms with E-state index >= 15 is 0 Å². The molecule has 0 aliphatic carbocycles. The van der Waals surface area contributed by atoms with Gasteiger partial charge in [-0.3, -0.25) is 9.69 Å². The minimum Gasteiger partial charge on any atom is -0.493 e. The van der Waals surface area contributed by atoms with Crippen molar-refractivity contribution in [1.29, 1.82) is 0 Å². The van der Waals surface area contributed by atoms with Gasteiger partial charge in [0.2, 0.25) is 11.7 Å². The van der Waals surface area contributed by atoms with Crippen LogP contribution in [0.25, 0.3) is 0 Å². The van der Waals surface area contributed by atoms with E-state index in [1.165, 1.54) is 33.1 Å². The van der Waals surface area contributed by atoms with Gasteiger partial charge in [-0.15, -0.1) is 0 Å². The second-order valence-corrected chi connectivity index (χ2v) is 8.74. The number of amides is 1. The minimum absolute atomic E-state index is 0.109. The quantitative estimate of drug-likeness (QED) is 0.549. The van der Waals surface area contributed by atoms with E-state index in [0.717, 1.165) is 5.56 Å². The predicted molar refractivity (Wildman–Crippen MR) is 129 cm³/mol. The number of thioether (sulfide) groups is 1. The number of nitrogens with zero attached hydrogens (tertiary/aromatic N) is 2. The van der Waals surface area contributed by atoms with E-state index < -0.39 is 12.0 Å². The summed E-state index contributed by atoms with van der Waals surface area (Å²) >= 11 is 1.49. The Morgan fingerprint density at radius 2 is 1.76 bits per heavy atom. The lowest BCUT2D eigenvalue weighted by Gasteiger charge is -2.39.